The van der Waals surface area contributed by atoms with Crippen LogP contribution in [0.25, 0.3) is 0 Å². The molecule has 2 rings (SSSR count). The highest BCUT2D eigenvalue weighted by Crippen LogP contribution is 2.19. The first kappa shape index (κ1) is 13.4. The fraction of sp³-hybridized carbons (Fsp3) is 0.429. The van der Waals surface area contributed by atoms with Gasteiger partial charge in [0.15, 0.2) is 0 Å². The molecule has 1 aromatic carbocycles. The Balaban J connectivity index is 2.01. The van der Waals surface area contributed by atoms with Crippen LogP contribution in [0.5, 0.6) is 5.75 Å². The van der Waals surface area contributed by atoms with Crippen LogP contribution in [0.4, 0.5) is 0 Å². The molecule has 19 heavy (non-hydrogen) atoms. The standard InChI is InChI=1S/C14H18N2O3/c1-19-11-6-4-10(5-7-11)9-13(17)16-8-2-3-12(16)14(15)18/h4-7,12H,2-3,8-9H2,1H3,(H2,15,18)/t12-/m0/s1. The van der Waals surface area contributed by atoms with Gasteiger partial charge in [0.1, 0.15) is 11.8 Å². The highest BCUT2D eigenvalue weighted by molar-refractivity contribution is 5.88. The van der Waals surface area contributed by atoms with Crippen molar-refractivity contribution in [3.05, 3.63) is 29.8 Å². The Kier molecular flexibility index (Phi) is 4.04. The van der Waals surface area contributed by atoms with Crippen molar-refractivity contribution in [3.63, 3.8) is 0 Å². The van der Waals surface area contributed by atoms with Gasteiger partial charge in [-0.2, -0.15) is 0 Å². The van der Waals surface area contributed by atoms with Crippen LogP contribution in [-0.2, 0) is 16.0 Å². The van der Waals surface area contributed by atoms with Gasteiger partial charge in [-0.1, -0.05) is 12.1 Å². The van der Waals surface area contributed by atoms with Crippen molar-refractivity contribution in [1.82, 2.24) is 4.90 Å². The van der Waals surface area contributed by atoms with Gasteiger partial charge < -0.3 is 15.4 Å². The lowest BCUT2D eigenvalue weighted by Crippen LogP contribution is -2.44. The molecule has 0 bridgehead atoms. The molecule has 0 radical (unpaired) electrons. The number of amides is 2. The van der Waals surface area contributed by atoms with E-state index in [4.69, 9.17) is 10.5 Å². The second-order valence-corrected chi connectivity index (χ2v) is 4.67. The normalized spacial score (nSPS) is 18.4. The molecule has 2 N–H and O–H groups in total. The summed E-state index contributed by atoms with van der Waals surface area (Å²) >= 11 is 0. The van der Waals surface area contributed by atoms with Crippen LogP contribution >= 0.6 is 0 Å². The molecule has 5 heteroatoms. The molecule has 0 unspecified atom stereocenters. The number of ether oxygens (including phenoxy) is 1. The quantitative estimate of drug-likeness (QED) is 0.868. The maximum atomic E-state index is 12.2. The number of methoxy groups -OCH3 is 1. The molecule has 0 aliphatic carbocycles. The molecular formula is C14H18N2O3. The predicted octanol–water partition coefficient (Wildman–Crippen LogP) is 0.714. The third kappa shape index (κ3) is 3.05. The smallest absolute Gasteiger partial charge is 0.240 e. The van der Waals surface area contributed by atoms with E-state index in [2.05, 4.69) is 0 Å². The van der Waals surface area contributed by atoms with Gasteiger partial charge in [0, 0.05) is 6.54 Å². The molecule has 1 fully saturated rings. The van der Waals surface area contributed by atoms with Crippen LogP contribution in [-0.4, -0.2) is 36.4 Å². The highest BCUT2D eigenvalue weighted by atomic mass is 16.5. The van der Waals surface area contributed by atoms with Crippen molar-refractivity contribution < 1.29 is 14.3 Å². The highest BCUT2D eigenvalue weighted by Gasteiger charge is 2.32. The van der Waals surface area contributed by atoms with Crippen LogP contribution in [0.2, 0.25) is 0 Å². The zero-order valence-electron chi connectivity index (χ0n) is 11.0. The van der Waals surface area contributed by atoms with E-state index in [0.717, 1.165) is 17.7 Å². The maximum absolute atomic E-state index is 12.2. The zero-order chi connectivity index (χ0) is 13.8. The first-order chi connectivity index (χ1) is 9.11. The fourth-order valence-electron chi connectivity index (χ4n) is 2.38. The summed E-state index contributed by atoms with van der Waals surface area (Å²) in [6.07, 6.45) is 1.79. The minimum Gasteiger partial charge on any atom is -0.497 e. The van der Waals surface area contributed by atoms with Gasteiger partial charge in [-0.25, -0.2) is 0 Å². The van der Waals surface area contributed by atoms with Gasteiger partial charge in [0.05, 0.1) is 13.5 Å². The summed E-state index contributed by atoms with van der Waals surface area (Å²) in [5, 5.41) is 0. The molecule has 5 nitrogen and oxygen atoms in total. The van der Waals surface area contributed by atoms with E-state index in [9.17, 15) is 9.59 Å². The molecule has 1 aliphatic rings. The number of hydrogen-bond acceptors (Lipinski definition) is 3. The molecule has 0 aromatic heterocycles. The summed E-state index contributed by atoms with van der Waals surface area (Å²) in [6, 6.07) is 6.90. The summed E-state index contributed by atoms with van der Waals surface area (Å²) < 4.78 is 5.07. The molecule has 1 aliphatic heterocycles. The van der Waals surface area contributed by atoms with Gasteiger partial charge >= 0.3 is 0 Å². The third-order valence-electron chi connectivity index (χ3n) is 3.42. The van der Waals surface area contributed by atoms with Crippen molar-refractivity contribution in [3.8, 4) is 5.75 Å². The average molecular weight is 262 g/mol. The number of likely N-dealkylation sites (tertiary alicyclic amines) is 1. The van der Waals surface area contributed by atoms with Crippen molar-refractivity contribution in [2.24, 2.45) is 5.73 Å². The van der Waals surface area contributed by atoms with E-state index in [1.54, 1.807) is 12.0 Å². The second kappa shape index (κ2) is 5.73. The van der Waals surface area contributed by atoms with E-state index in [0.29, 0.717) is 13.0 Å². The van der Waals surface area contributed by atoms with Gasteiger partial charge in [-0.05, 0) is 30.5 Å². The predicted molar refractivity (Wildman–Crippen MR) is 70.6 cm³/mol. The van der Waals surface area contributed by atoms with E-state index < -0.39 is 11.9 Å². The minimum absolute atomic E-state index is 0.0496. The van der Waals surface area contributed by atoms with E-state index in [-0.39, 0.29) is 12.3 Å². The van der Waals surface area contributed by atoms with E-state index in [1.807, 2.05) is 24.3 Å². The largest absolute Gasteiger partial charge is 0.497 e. The molecule has 2 amide bonds. The van der Waals surface area contributed by atoms with Crippen LogP contribution in [0.3, 0.4) is 0 Å². The van der Waals surface area contributed by atoms with Gasteiger partial charge in [0.2, 0.25) is 11.8 Å². The molecule has 1 heterocycles. The van der Waals surface area contributed by atoms with E-state index >= 15 is 0 Å². The number of hydrogen-bond donors (Lipinski definition) is 1. The van der Waals surface area contributed by atoms with Gasteiger partial charge in [-0.15, -0.1) is 0 Å². The second-order valence-electron chi connectivity index (χ2n) is 4.67. The zero-order valence-corrected chi connectivity index (χ0v) is 11.0. The molecule has 102 valence electrons. The molecule has 0 spiro atoms. The van der Waals surface area contributed by atoms with Crippen LogP contribution in [0.1, 0.15) is 18.4 Å². The maximum Gasteiger partial charge on any atom is 0.240 e. The summed E-state index contributed by atoms with van der Waals surface area (Å²) in [7, 11) is 1.60. The number of nitrogens with two attached hydrogens (primary N) is 1. The molecule has 1 aromatic rings. The number of carbonyl (C=O) groups is 2. The molecule has 0 saturated carbocycles. The average Bonchev–Trinajstić information content (AvgIpc) is 2.89. The lowest BCUT2D eigenvalue weighted by molar-refractivity contribution is -0.136. The van der Waals surface area contributed by atoms with Crippen molar-refractivity contribution in [1.29, 1.82) is 0 Å². The molecular weight excluding hydrogens is 244 g/mol. The summed E-state index contributed by atoms with van der Waals surface area (Å²) in [5.41, 5.74) is 6.21. The minimum atomic E-state index is -0.439. The molecule has 1 saturated heterocycles. The number of rotatable bonds is 4. The van der Waals surface area contributed by atoms with Crippen molar-refractivity contribution >= 4 is 11.8 Å². The Bertz CT molecular complexity index is 470. The van der Waals surface area contributed by atoms with Crippen molar-refractivity contribution in [2.75, 3.05) is 13.7 Å². The van der Waals surface area contributed by atoms with Crippen LogP contribution in [0, 0.1) is 0 Å². The number of benzene rings is 1. The van der Waals surface area contributed by atoms with Gasteiger partial charge in [0.25, 0.3) is 0 Å². The summed E-state index contributed by atoms with van der Waals surface area (Å²) in [4.78, 5) is 25.0. The fourth-order valence-corrected chi connectivity index (χ4v) is 2.38. The lowest BCUT2D eigenvalue weighted by Gasteiger charge is -2.22. The first-order valence-corrected chi connectivity index (χ1v) is 6.33. The monoisotopic (exact) mass is 262 g/mol. The Morgan fingerprint density at radius 2 is 2.05 bits per heavy atom. The first-order valence-electron chi connectivity index (χ1n) is 6.33. The Labute approximate surface area is 112 Å². The van der Waals surface area contributed by atoms with Crippen molar-refractivity contribution in [2.45, 2.75) is 25.3 Å². The Morgan fingerprint density at radius 3 is 2.63 bits per heavy atom. The lowest BCUT2D eigenvalue weighted by atomic mass is 10.1. The summed E-state index contributed by atoms with van der Waals surface area (Å²) in [5.74, 6) is 0.291. The van der Waals surface area contributed by atoms with Crippen LogP contribution < -0.4 is 10.5 Å². The van der Waals surface area contributed by atoms with Crippen LogP contribution in [0.15, 0.2) is 24.3 Å². The SMILES string of the molecule is COc1ccc(CC(=O)N2CCC[C@H]2C(N)=O)cc1. The number of carbonyl (C=O) groups excluding carboxylic acids is 2. The Hall–Kier alpha value is -2.04. The Morgan fingerprint density at radius 1 is 1.37 bits per heavy atom. The van der Waals surface area contributed by atoms with Gasteiger partial charge in [-0.3, -0.25) is 9.59 Å². The topological polar surface area (TPSA) is 72.6 Å². The number of nitrogens with zero attached hydrogens (tertiary/aromatic N) is 1. The van der Waals surface area contributed by atoms with E-state index in [1.165, 1.54) is 0 Å². The third-order valence-corrected chi connectivity index (χ3v) is 3.42. The summed E-state index contributed by atoms with van der Waals surface area (Å²) in [6.45, 7) is 0.614. The molecule has 1 atom stereocenters. The number of primary amides is 1.